The highest BCUT2D eigenvalue weighted by Crippen LogP contribution is 2.25. The normalized spacial score (nSPS) is 12.0. The molecule has 0 fully saturated rings. The van der Waals surface area contributed by atoms with E-state index in [1.165, 1.54) is 45.9 Å². The third-order valence-corrected chi connectivity index (χ3v) is 5.41. The molecule has 0 radical (unpaired) electrons. The maximum absolute atomic E-state index is 14.7. The SMILES string of the molecule is CCN(C(=O)c1cccc(F)c1)C(C)c1nc2ccccc2c(=O)n1-c1ccccc1F. The van der Waals surface area contributed by atoms with Crippen molar-refractivity contribution in [3.8, 4) is 5.69 Å². The second kappa shape index (κ2) is 8.70. The molecule has 1 atom stereocenters. The van der Waals surface area contributed by atoms with Gasteiger partial charge in [0.1, 0.15) is 17.5 Å². The highest BCUT2D eigenvalue weighted by atomic mass is 19.1. The molecule has 1 heterocycles. The summed E-state index contributed by atoms with van der Waals surface area (Å²) < 4.78 is 29.7. The van der Waals surface area contributed by atoms with E-state index in [2.05, 4.69) is 4.98 Å². The molecule has 0 saturated carbocycles. The van der Waals surface area contributed by atoms with Crippen LogP contribution in [0.4, 0.5) is 8.78 Å². The minimum atomic E-state index is -0.701. The molecule has 3 aromatic carbocycles. The zero-order valence-corrected chi connectivity index (χ0v) is 17.6. The number of para-hydroxylation sites is 2. The summed E-state index contributed by atoms with van der Waals surface area (Å²) in [7, 11) is 0. The molecule has 1 amide bonds. The van der Waals surface area contributed by atoms with Crippen LogP contribution in [0.3, 0.4) is 0 Å². The third-order valence-electron chi connectivity index (χ3n) is 5.41. The summed E-state index contributed by atoms with van der Waals surface area (Å²) in [4.78, 5) is 32.7. The minimum absolute atomic E-state index is 0.0480. The molecular formula is C25H21F2N3O2. The van der Waals surface area contributed by atoms with Gasteiger partial charge in [0.05, 0.1) is 22.6 Å². The van der Waals surface area contributed by atoms with Crippen molar-refractivity contribution in [1.29, 1.82) is 0 Å². The molecule has 0 saturated heterocycles. The Hall–Kier alpha value is -3.87. The predicted molar refractivity (Wildman–Crippen MR) is 119 cm³/mol. The van der Waals surface area contributed by atoms with Gasteiger partial charge in [0.2, 0.25) is 0 Å². The van der Waals surface area contributed by atoms with Gasteiger partial charge < -0.3 is 4.90 Å². The fraction of sp³-hybridized carbons (Fsp3) is 0.160. The maximum atomic E-state index is 14.7. The number of hydrogen-bond acceptors (Lipinski definition) is 3. The smallest absolute Gasteiger partial charge is 0.266 e. The summed E-state index contributed by atoms with van der Waals surface area (Å²) >= 11 is 0. The number of hydrogen-bond donors (Lipinski definition) is 0. The molecule has 4 rings (SSSR count). The molecule has 32 heavy (non-hydrogen) atoms. The lowest BCUT2D eigenvalue weighted by Gasteiger charge is -2.29. The number of fused-ring (bicyclic) bond motifs is 1. The standard InChI is InChI=1S/C25H21F2N3O2/c1-3-29(24(31)17-9-8-10-18(26)15-17)16(2)23-28-21-13-6-4-11-19(21)25(32)30(23)22-14-7-5-12-20(22)27/h4-16H,3H2,1-2H3. The summed E-state index contributed by atoms with van der Waals surface area (Å²) in [5.41, 5.74) is 0.240. The number of halogens is 2. The molecule has 1 aromatic heterocycles. The predicted octanol–water partition coefficient (Wildman–Crippen LogP) is 4.89. The number of nitrogens with zero attached hydrogens (tertiary/aromatic N) is 3. The van der Waals surface area contributed by atoms with Crippen molar-refractivity contribution in [2.24, 2.45) is 0 Å². The first-order valence-corrected chi connectivity index (χ1v) is 10.3. The van der Waals surface area contributed by atoms with Crippen molar-refractivity contribution in [2.75, 3.05) is 6.54 Å². The summed E-state index contributed by atoms with van der Waals surface area (Å²) in [6.45, 7) is 3.77. The highest BCUT2D eigenvalue weighted by Gasteiger charge is 2.27. The molecular weight excluding hydrogens is 412 g/mol. The van der Waals surface area contributed by atoms with E-state index >= 15 is 0 Å². The van der Waals surface area contributed by atoms with Gasteiger partial charge in [-0.05, 0) is 56.3 Å². The second-order valence-corrected chi connectivity index (χ2v) is 7.36. The van der Waals surface area contributed by atoms with Crippen molar-refractivity contribution in [3.63, 3.8) is 0 Å². The van der Waals surface area contributed by atoms with Crippen LogP contribution in [0.25, 0.3) is 16.6 Å². The van der Waals surface area contributed by atoms with Gasteiger partial charge in [0, 0.05) is 12.1 Å². The van der Waals surface area contributed by atoms with Crippen LogP contribution in [-0.2, 0) is 0 Å². The summed E-state index contributed by atoms with van der Waals surface area (Å²) in [6.07, 6.45) is 0. The van der Waals surface area contributed by atoms with Gasteiger partial charge in [0.15, 0.2) is 0 Å². The van der Waals surface area contributed by atoms with E-state index in [4.69, 9.17) is 0 Å². The lowest BCUT2D eigenvalue weighted by molar-refractivity contribution is 0.0692. The summed E-state index contributed by atoms with van der Waals surface area (Å²) in [5, 5.41) is 0.339. The Bertz CT molecular complexity index is 1370. The Morgan fingerprint density at radius 1 is 1.03 bits per heavy atom. The Balaban J connectivity index is 1.92. The Morgan fingerprint density at radius 2 is 1.75 bits per heavy atom. The number of aromatic nitrogens is 2. The summed E-state index contributed by atoms with van der Waals surface area (Å²) in [6, 6.07) is 17.4. The number of rotatable bonds is 5. The number of carbonyl (C=O) groups is 1. The zero-order chi connectivity index (χ0) is 22.8. The molecule has 7 heteroatoms. The lowest BCUT2D eigenvalue weighted by atomic mass is 10.1. The van der Waals surface area contributed by atoms with Crippen LogP contribution < -0.4 is 5.56 Å². The Kier molecular flexibility index (Phi) is 5.81. The van der Waals surface area contributed by atoms with Gasteiger partial charge in [-0.2, -0.15) is 0 Å². The molecule has 0 aliphatic carbocycles. The van der Waals surface area contributed by atoms with E-state index in [1.54, 1.807) is 44.2 Å². The fourth-order valence-corrected chi connectivity index (χ4v) is 3.82. The molecule has 162 valence electrons. The van der Waals surface area contributed by atoms with Crippen LogP contribution in [0.1, 0.15) is 36.1 Å². The number of benzene rings is 3. The van der Waals surface area contributed by atoms with E-state index in [0.717, 1.165) is 6.07 Å². The second-order valence-electron chi connectivity index (χ2n) is 7.36. The van der Waals surface area contributed by atoms with Crippen molar-refractivity contribution < 1.29 is 13.6 Å². The first-order chi connectivity index (χ1) is 15.4. The Morgan fingerprint density at radius 3 is 2.47 bits per heavy atom. The summed E-state index contributed by atoms with van der Waals surface area (Å²) in [5.74, 6) is -1.31. The molecule has 5 nitrogen and oxygen atoms in total. The minimum Gasteiger partial charge on any atom is -0.329 e. The maximum Gasteiger partial charge on any atom is 0.266 e. The van der Waals surface area contributed by atoms with Crippen molar-refractivity contribution >= 4 is 16.8 Å². The highest BCUT2D eigenvalue weighted by molar-refractivity contribution is 5.94. The Labute approximate surface area is 183 Å². The first kappa shape index (κ1) is 21.4. The van der Waals surface area contributed by atoms with Gasteiger partial charge in [-0.15, -0.1) is 0 Å². The van der Waals surface area contributed by atoms with Crippen LogP contribution in [0.15, 0.2) is 77.6 Å². The monoisotopic (exact) mass is 433 g/mol. The van der Waals surface area contributed by atoms with E-state index in [0.29, 0.717) is 10.9 Å². The van der Waals surface area contributed by atoms with Crippen molar-refractivity contribution in [2.45, 2.75) is 19.9 Å². The van der Waals surface area contributed by atoms with Crippen molar-refractivity contribution in [1.82, 2.24) is 14.5 Å². The number of amides is 1. The molecule has 4 aromatic rings. The van der Waals surface area contributed by atoms with Gasteiger partial charge in [-0.1, -0.05) is 30.3 Å². The number of carbonyl (C=O) groups excluding carboxylic acids is 1. The first-order valence-electron chi connectivity index (χ1n) is 10.3. The fourth-order valence-electron chi connectivity index (χ4n) is 3.82. The molecule has 0 aliphatic heterocycles. The van der Waals surface area contributed by atoms with E-state index in [9.17, 15) is 18.4 Å². The van der Waals surface area contributed by atoms with Gasteiger partial charge >= 0.3 is 0 Å². The van der Waals surface area contributed by atoms with Crippen LogP contribution in [0.5, 0.6) is 0 Å². The quantitative estimate of drug-likeness (QED) is 0.450. The van der Waals surface area contributed by atoms with Gasteiger partial charge in [0.25, 0.3) is 11.5 Å². The van der Waals surface area contributed by atoms with Gasteiger partial charge in [-0.25, -0.2) is 13.8 Å². The van der Waals surface area contributed by atoms with Crippen LogP contribution in [0.2, 0.25) is 0 Å². The molecule has 0 bridgehead atoms. The largest absolute Gasteiger partial charge is 0.329 e. The molecule has 0 spiro atoms. The van der Waals surface area contributed by atoms with E-state index in [1.807, 2.05) is 0 Å². The average Bonchev–Trinajstić information content (AvgIpc) is 2.80. The van der Waals surface area contributed by atoms with Crippen LogP contribution in [0, 0.1) is 11.6 Å². The molecule has 1 unspecified atom stereocenters. The molecule has 0 N–H and O–H groups in total. The van der Waals surface area contributed by atoms with Crippen LogP contribution >= 0.6 is 0 Å². The average molecular weight is 433 g/mol. The zero-order valence-electron chi connectivity index (χ0n) is 17.6. The third kappa shape index (κ3) is 3.77. The van der Waals surface area contributed by atoms with Crippen molar-refractivity contribution in [3.05, 3.63) is 106 Å². The topological polar surface area (TPSA) is 55.2 Å². The van der Waals surface area contributed by atoms with Gasteiger partial charge in [-0.3, -0.25) is 14.2 Å². The molecule has 0 aliphatic rings. The van der Waals surface area contributed by atoms with E-state index < -0.39 is 29.1 Å². The lowest BCUT2D eigenvalue weighted by Crippen LogP contribution is -2.37. The van der Waals surface area contributed by atoms with E-state index in [-0.39, 0.29) is 23.6 Å². The van der Waals surface area contributed by atoms with Crippen LogP contribution in [-0.4, -0.2) is 26.9 Å².